The first-order valence-electron chi connectivity index (χ1n) is 9.54. The van der Waals surface area contributed by atoms with E-state index in [9.17, 15) is 10.0 Å². The highest BCUT2D eigenvalue weighted by Crippen LogP contribution is 2.38. The first-order chi connectivity index (χ1) is 13.7. The number of benzene rings is 1. The van der Waals surface area contributed by atoms with Crippen LogP contribution in [-0.2, 0) is 0 Å². The van der Waals surface area contributed by atoms with E-state index in [0.717, 1.165) is 0 Å². The van der Waals surface area contributed by atoms with Crippen molar-refractivity contribution in [2.75, 3.05) is 12.3 Å². The van der Waals surface area contributed by atoms with Gasteiger partial charge in [0.05, 0.1) is 5.39 Å². The second-order valence-electron chi connectivity index (χ2n) is 5.76. The second-order valence-corrected chi connectivity index (χ2v) is 6.16. The van der Waals surface area contributed by atoms with Gasteiger partial charge in [-0.25, -0.2) is 0 Å². The predicted molar refractivity (Wildman–Crippen MR) is 103 cm³/mol. The maximum atomic E-state index is 12.6. The molecule has 0 saturated carbocycles. The Balaban J connectivity index is 2.32. The number of hydrogen-bond donors (Lipinski definition) is 2. The predicted octanol–water partition coefficient (Wildman–Crippen LogP) is 3.22. The number of nitrogens with one attached hydrogen (secondary N) is 1. The molecule has 2 aromatic heterocycles. The summed E-state index contributed by atoms with van der Waals surface area (Å²) < 4.78 is 23.7. The zero-order chi connectivity index (χ0) is 21.3. The first kappa shape index (κ1) is 14.3. The van der Waals surface area contributed by atoms with Crippen molar-refractivity contribution < 1.29 is 13.6 Å². The van der Waals surface area contributed by atoms with Crippen molar-refractivity contribution in [3.05, 3.63) is 58.3 Å². The van der Waals surface area contributed by atoms with Crippen molar-refractivity contribution >= 4 is 34.0 Å². The third kappa shape index (κ3) is 3.04. The molecule has 0 spiro atoms. The number of anilines is 1. The summed E-state index contributed by atoms with van der Waals surface area (Å²) in [6.45, 7) is -0.194. The van der Waals surface area contributed by atoms with E-state index in [1.807, 2.05) is 6.92 Å². The maximum Gasteiger partial charge on any atom is 0.319 e. The third-order valence-corrected chi connectivity index (χ3v) is 4.35. The highest BCUT2D eigenvalue weighted by Gasteiger charge is 2.25. The van der Waals surface area contributed by atoms with Gasteiger partial charge in [-0.3, -0.25) is 9.78 Å². The first-order valence-corrected chi connectivity index (χ1v) is 8.42. The lowest BCUT2D eigenvalue weighted by Crippen LogP contribution is -2.40. The average molecular weight is 374 g/mol. The summed E-state index contributed by atoms with van der Waals surface area (Å²) in [5.74, 6) is -0.581. The van der Waals surface area contributed by atoms with Crippen LogP contribution in [0, 0.1) is 12.1 Å². The third-order valence-electron chi connectivity index (χ3n) is 4.03. The summed E-state index contributed by atoms with van der Waals surface area (Å²) in [6, 6.07) is 6.30. The fraction of sp³-hybridized carbons (Fsp3) is 0.211. The molecule has 7 heteroatoms. The molecule has 0 radical (unpaired) electrons. The van der Waals surface area contributed by atoms with Gasteiger partial charge in [0, 0.05) is 44.1 Å². The van der Waals surface area contributed by atoms with Crippen LogP contribution in [0.1, 0.15) is 33.6 Å². The SMILES string of the molecule is [2H]C([2H])([2H])c1ncccc1-c1c(Cl)ccc2c(N)c(C(=O)NCCC)[n+]([O-])cc12. The number of aromatic nitrogens is 2. The average Bonchev–Trinajstić information content (AvgIpc) is 2.65. The topological polar surface area (TPSA) is 94.9 Å². The van der Waals surface area contributed by atoms with Crippen LogP contribution < -0.4 is 15.8 Å². The normalized spacial score (nSPS) is 13.1. The molecule has 0 bridgehead atoms. The molecule has 0 unspecified atom stereocenters. The van der Waals surface area contributed by atoms with Crippen molar-refractivity contribution in [3.63, 3.8) is 0 Å². The van der Waals surface area contributed by atoms with E-state index in [2.05, 4.69) is 10.3 Å². The summed E-state index contributed by atoms with van der Waals surface area (Å²) in [5.41, 5.74) is 6.38. The molecule has 0 fully saturated rings. The van der Waals surface area contributed by atoms with Gasteiger partial charge in [0.1, 0.15) is 5.69 Å². The molecule has 0 atom stereocenters. The largest absolute Gasteiger partial charge is 0.618 e. The number of carbonyl (C=O) groups is 1. The van der Waals surface area contributed by atoms with Crippen LogP contribution in [0.4, 0.5) is 5.69 Å². The van der Waals surface area contributed by atoms with E-state index < -0.39 is 12.8 Å². The Morgan fingerprint density at radius 1 is 1.42 bits per heavy atom. The van der Waals surface area contributed by atoms with Crippen LogP contribution in [-0.4, -0.2) is 17.4 Å². The minimum absolute atomic E-state index is 0.0108. The van der Waals surface area contributed by atoms with Gasteiger partial charge >= 0.3 is 11.6 Å². The number of hydrogen-bond acceptors (Lipinski definition) is 4. The van der Waals surface area contributed by atoms with Crippen molar-refractivity contribution in [1.82, 2.24) is 10.3 Å². The van der Waals surface area contributed by atoms with E-state index in [0.29, 0.717) is 34.0 Å². The molecule has 3 N–H and O–H groups in total. The molecule has 3 rings (SSSR count). The smallest absolute Gasteiger partial charge is 0.319 e. The molecule has 0 aliphatic carbocycles. The summed E-state index contributed by atoms with van der Waals surface area (Å²) in [7, 11) is 0. The lowest BCUT2D eigenvalue weighted by atomic mass is 9.97. The lowest BCUT2D eigenvalue weighted by molar-refractivity contribution is -0.605. The van der Waals surface area contributed by atoms with Crippen LogP contribution >= 0.6 is 11.6 Å². The Hall–Kier alpha value is -2.86. The number of amides is 1. The van der Waals surface area contributed by atoms with Gasteiger partial charge in [-0.1, -0.05) is 30.7 Å². The molecule has 0 saturated heterocycles. The number of pyridine rings is 2. The number of aryl methyl sites for hydroxylation is 1. The minimum atomic E-state index is -2.49. The van der Waals surface area contributed by atoms with Crippen molar-refractivity contribution in [3.8, 4) is 11.1 Å². The molecule has 0 aliphatic heterocycles. The standard InChI is InChI=1S/C19H19ClN4O2/c1-3-8-23-19(25)18-17(21)13-6-7-15(20)16(14(13)10-24(18)26)12-5-4-9-22-11(12)2/h4-7,9-10H,3,8,21H2,1-2H3,(H,23,25)/i2D3. The molecular formula is C19H19ClN4O2. The lowest BCUT2D eigenvalue weighted by Gasteiger charge is -2.14. The van der Waals surface area contributed by atoms with E-state index in [4.69, 9.17) is 21.4 Å². The van der Waals surface area contributed by atoms with Gasteiger partial charge in [0.15, 0.2) is 6.20 Å². The van der Waals surface area contributed by atoms with E-state index >= 15 is 0 Å². The van der Waals surface area contributed by atoms with Crippen LogP contribution in [0.25, 0.3) is 21.9 Å². The highest BCUT2D eigenvalue weighted by atomic mass is 35.5. The Morgan fingerprint density at radius 3 is 2.96 bits per heavy atom. The molecule has 1 amide bonds. The van der Waals surface area contributed by atoms with Gasteiger partial charge < -0.3 is 16.3 Å². The van der Waals surface area contributed by atoms with Gasteiger partial charge in [0.2, 0.25) is 0 Å². The molecule has 6 nitrogen and oxygen atoms in total. The Bertz CT molecular complexity index is 1100. The van der Waals surface area contributed by atoms with Crippen LogP contribution in [0.5, 0.6) is 0 Å². The molecule has 1 aromatic carbocycles. The monoisotopic (exact) mass is 373 g/mol. The molecule has 2 heterocycles. The minimum Gasteiger partial charge on any atom is -0.618 e. The number of fused-ring (bicyclic) bond motifs is 1. The summed E-state index contributed by atoms with van der Waals surface area (Å²) in [6.07, 6.45) is 3.27. The zero-order valence-corrected chi connectivity index (χ0v) is 14.8. The second kappa shape index (κ2) is 7.17. The molecule has 0 aliphatic rings. The molecular weight excluding hydrogens is 352 g/mol. The Morgan fingerprint density at radius 2 is 2.23 bits per heavy atom. The van der Waals surface area contributed by atoms with Crippen LogP contribution in [0.2, 0.25) is 5.02 Å². The number of nitrogens with two attached hydrogens (primary N) is 1. The van der Waals surface area contributed by atoms with E-state index in [-0.39, 0.29) is 27.7 Å². The highest BCUT2D eigenvalue weighted by molar-refractivity contribution is 6.35. The quantitative estimate of drug-likeness (QED) is 0.542. The maximum absolute atomic E-state index is 12.6. The fourth-order valence-electron chi connectivity index (χ4n) is 2.82. The van der Waals surface area contributed by atoms with Gasteiger partial charge in [-0.15, -0.1) is 0 Å². The van der Waals surface area contributed by atoms with Gasteiger partial charge in [0.25, 0.3) is 0 Å². The Labute approximate surface area is 160 Å². The Kier molecular flexibility index (Phi) is 3.95. The van der Waals surface area contributed by atoms with Crippen molar-refractivity contribution in [2.45, 2.75) is 20.2 Å². The molecule has 134 valence electrons. The summed E-state index contributed by atoms with van der Waals surface area (Å²) >= 11 is 6.39. The van der Waals surface area contributed by atoms with Crippen molar-refractivity contribution in [2.24, 2.45) is 0 Å². The van der Waals surface area contributed by atoms with Gasteiger partial charge in [-0.2, -0.15) is 4.73 Å². The number of nitrogens with zero attached hydrogens (tertiary/aromatic N) is 2. The fourth-order valence-corrected chi connectivity index (χ4v) is 3.08. The number of rotatable bonds is 4. The molecule has 26 heavy (non-hydrogen) atoms. The van der Waals surface area contributed by atoms with Gasteiger partial charge in [-0.05, 0) is 25.4 Å². The number of nitrogen functional groups attached to an aromatic ring is 1. The van der Waals surface area contributed by atoms with Crippen LogP contribution in [0.3, 0.4) is 0 Å². The summed E-state index contributed by atoms with van der Waals surface area (Å²) in [4.78, 5) is 16.4. The number of carbonyl (C=O) groups excluding carboxylic acids is 1. The van der Waals surface area contributed by atoms with Crippen molar-refractivity contribution in [1.29, 1.82) is 0 Å². The summed E-state index contributed by atoms with van der Waals surface area (Å²) in [5, 5.41) is 16.3. The van der Waals surface area contributed by atoms with E-state index in [1.165, 1.54) is 12.4 Å². The molecule has 3 aromatic rings. The number of halogens is 1. The van der Waals surface area contributed by atoms with E-state index in [1.54, 1.807) is 24.3 Å². The zero-order valence-electron chi connectivity index (χ0n) is 17.0. The van der Waals surface area contributed by atoms with Crippen LogP contribution in [0.15, 0.2) is 36.7 Å².